The minimum Gasteiger partial charge on any atom is -0.486 e. The van der Waals surface area contributed by atoms with E-state index in [9.17, 15) is 4.79 Å². The van der Waals surface area contributed by atoms with Crippen LogP contribution in [-0.4, -0.2) is 73.4 Å². The summed E-state index contributed by atoms with van der Waals surface area (Å²) in [6.45, 7) is 3.63. The van der Waals surface area contributed by atoms with Crippen molar-refractivity contribution in [1.82, 2.24) is 14.9 Å². The second kappa shape index (κ2) is 10.1. The number of fused-ring (bicyclic) bond motifs is 2. The van der Waals surface area contributed by atoms with Gasteiger partial charge < -0.3 is 29.2 Å². The third-order valence-electron chi connectivity index (χ3n) is 6.81. The molecule has 2 aliphatic rings. The quantitative estimate of drug-likeness (QED) is 0.554. The lowest BCUT2D eigenvalue weighted by atomic mass is 9.89. The van der Waals surface area contributed by atoms with E-state index in [1.807, 2.05) is 12.1 Å². The number of anilines is 1. The fourth-order valence-corrected chi connectivity index (χ4v) is 4.65. The second-order valence-corrected chi connectivity index (χ2v) is 8.80. The smallest absolute Gasteiger partial charge is 0.256 e. The van der Waals surface area contributed by atoms with Crippen molar-refractivity contribution in [2.45, 2.75) is 24.9 Å². The molecule has 1 N–H and O–H groups in total. The summed E-state index contributed by atoms with van der Waals surface area (Å²) in [4.78, 5) is 24.6. The lowest BCUT2D eigenvalue weighted by Crippen LogP contribution is -2.53. The number of ether oxygens (including phenoxy) is 4. The molecule has 0 radical (unpaired) electrons. The van der Waals surface area contributed by atoms with Crippen molar-refractivity contribution in [2.75, 3.05) is 52.4 Å². The predicted octanol–water partition coefficient (Wildman–Crippen LogP) is 3.07. The topological polar surface area (TPSA) is 95.0 Å². The van der Waals surface area contributed by atoms with Crippen molar-refractivity contribution in [3.63, 3.8) is 0 Å². The maximum atomic E-state index is 13.4. The van der Waals surface area contributed by atoms with E-state index in [0.717, 1.165) is 37.6 Å². The second-order valence-electron chi connectivity index (χ2n) is 8.80. The summed E-state index contributed by atoms with van der Waals surface area (Å²) in [5, 5.41) is 3.03. The fourth-order valence-electron chi connectivity index (χ4n) is 4.65. The lowest BCUT2D eigenvalue weighted by Gasteiger charge is -2.39. The first-order valence-corrected chi connectivity index (χ1v) is 11.9. The Morgan fingerprint density at radius 1 is 1.09 bits per heavy atom. The van der Waals surface area contributed by atoms with Crippen molar-refractivity contribution in [2.24, 2.45) is 0 Å². The van der Waals surface area contributed by atoms with Crippen LogP contribution in [0.25, 0.3) is 11.0 Å². The zero-order valence-electron chi connectivity index (χ0n) is 20.1. The van der Waals surface area contributed by atoms with Gasteiger partial charge >= 0.3 is 0 Å². The molecule has 0 spiro atoms. The van der Waals surface area contributed by atoms with E-state index in [1.54, 1.807) is 32.5 Å². The number of hydrogen-bond donors (Lipinski definition) is 1. The monoisotopic (exact) mass is 478 g/mol. The SMILES string of the molecule is COc1ccc2nccc(NC(=O)C3(OC)CCN(CCc4ccc5c(c4)OCCO5)CC3)c2n1. The summed E-state index contributed by atoms with van der Waals surface area (Å²) in [7, 11) is 3.17. The average Bonchev–Trinajstić information content (AvgIpc) is 2.92. The van der Waals surface area contributed by atoms with E-state index < -0.39 is 5.60 Å². The Morgan fingerprint density at radius 2 is 1.89 bits per heavy atom. The van der Waals surface area contributed by atoms with Gasteiger partial charge in [0, 0.05) is 39.0 Å². The van der Waals surface area contributed by atoms with Crippen LogP contribution < -0.4 is 19.5 Å². The van der Waals surface area contributed by atoms with Crippen LogP contribution in [0.5, 0.6) is 17.4 Å². The molecule has 3 aromatic rings. The van der Waals surface area contributed by atoms with Gasteiger partial charge in [-0.3, -0.25) is 9.78 Å². The number of benzene rings is 1. The first kappa shape index (κ1) is 23.3. The molecule has 0 atom stereocenters. The van der Waals surface area contributed by atoms with Gasteiger partial charge in [0.15, 0.2) is 11.5 Å². The minimum absolute atomic E-state index is 0.163. The van der Waals surface area contributed by atoms with E-state index in [-0.39, 0.29) is 5.91 Å². The molecule has 1 amide bonds. The number of methoxy groups -OCH3 is 2. The molecule has 9 nitrogen and oxygen atoms in total. The van der Waals surface area contributed by atoms with Gasteiger partial charge in [-0.25, -0.2) is 4.98 Å². The van der Waals surface area contributed by atoms with E-state index in [1.165, 1.54) is 5.56 Å². The maximum absolute atomic E-state index is 13.4. The molecule has 0 aliphatic carbocycles. The highest BCUT2D eigenvalue weighted by Gasteiger charge is 2.41. The van der Waals surface area contributed by atoms with Gasteiger partial charge in [0.25, 0.3) is 5.91 Å². The van der Waals surface area contributed by atoms with Crippen LogP contribution in [0.1, 0.15) is 18.4 Å². The number of likely N-dealkylation sites (tertiary alicyclic amines) is 1. The summed E-state index contributed by atoms with van der Waals surface area (Å²) < 4.78 is 22.4. The summed E-state index contributed by atoms with van der Waals surface area (Å²) in [5.41, 5.74) is 2.19. The van der Waals surface area contributed by atoms with Crippen LogP contribution in [0.15, 0.2) is 42.6 Å². The number of aromatic nitrogens is 2. The number of nitrogens with one attached hydrogen (secondary N) is 1. The van der Waals surface area contributed by atoms with Crippen molar-refractivity contribution < 1.29 is 23.7 Å². The molecule has 0 bridgehead atoms. The summed E-state index contributed by atoms with van der Waals surface area (Å²) in [5.74, 6) is 1.93. The Kier molecular flexibility index (Phi) is 6.70. The zero-order chi connectivity index (χ0) is 24.3. The minimum atomic E-state index is -0.887. The Labute approximate surface area is 204 Å². The predicted molar refractivity (Wildman–Crippen MR) is 131 cm³/mol. The highest BCUT2D eigenvalue weighted by molar-refractivity contribution is 6.03. The van der Waals surface area contributed by atoms with Gasteiger partial charge in [-0.05, 0) is 49.1 Å². The molecule has 1 aromatic carbocycles. The molecule has 1 saturated heterocycles. The standard InChI is InChI=1S/C26H30N4O5/c1-32-23-6-4-19-24(29-23)20(7-11-27-19)28-25(31)26(33-2)9-13-30(14-10-26)12-8-18-3-5-21-22(17-18)35-16-15-34-21/h3-7,11,17H,8-10,12-16H2,1-2H3,(H,27,28,31). The van der Waals surface area contributed by atoms with E-state index in [2.05, 4.69) is 32.3 Å². The summed E-state index contributed by atoms with van der Waals surface area (Å²) >= 11 is 0. The van der Waals surface area contributed by atoms with Gasteiger partial charge in [0.1, 0.15) is 24.3 Å². The van der Waals surface area contributed by atoms with Gasteiger partial charge in [-0.1, -0.05) is 6.07 Å². The summed E-state index contributed by atoms with van der Waals surface area (Å²) in [6, 6.07) is 11.5. The molecule has 184 valence electrons. The Bertz CT molecular complexity index is 1210. The van der Waals surface area contributed by atoms with Crippen molar-refractivity contribution in [3.05, 3.63) is 48.2 Å². The first-order valence-electron chi connectivity index (χ1n) is 11.9. The number of carbonyl (C=O) groups is 1. The molecule has 9 heteroatoms. The van der Waals surface area contributed by atoms with Gasteiger partial charge in [0.2, 0.25) is 5.88 Å². The summed E-state index contributed by atoms with van der Waals surface area (Å²) in [6.07, 6.45) is 3.78. The van der Waals surface area contributed by atoms with Crippen LogP contribution in [0.4, 0.5) is 5.69 Å². The molecule has 1 fully saturated rings. The molecular formula is C26H30N4O5. The van der Waals surface area contributed by atoms with Crippen molar-refractivity contribution in [1.29, 1.82) is 0 Å². The average molecular weight is 479 g/mol. The molecule has 35 heavy (non-hydrogen) atoms. The number of amides is 1. The highest BCUT2D eigenvalue weighted by atomic mass is 16.6. The molecule has 0 unspecified atom stereocenters. The fraction of sp³-hybridized carbons (Fsp3) is 0.423. The molecule has 2 aromatic heterocycles. The van der Waals surface area contributed by atoms with E-state index in [0.29, 0.717) is 48.7 Å². The van der Waals surface area contributed by atoms with Gasteiger partial charge in [-0.2, -0.15) is 0 Å². The van der Waals surface area contributed by atoms with Crippen LogP contribution in [0.3, 0.4) is 0 Å². The molecule has 4 heterocycles. The van der Waals surface area contributed by atoms with E-state index in [4.69, 9.17) is 18.9 Å². The van der Waals surface area contributed by atoms with Crippen LogP contribution >= 0.6 is 0 Å². The Balaban J connectivity index is 1.21. The zero-order valence-corrected chi connectivity index (χ0v) is 20.1. The van der Waals surface area contributed by atoms with Crippen LogP contribution in [0, 0.1) is 0 Å². The number of nitrogens with zero attached hydrogens (tertiary/aromatic N) is 3. The van der Waals surface area contributed by atoms with Crippen LogP contribution in [0.2, 0.25) is 0 Å². The van der Waals surface area contributed by atoms with Crippen molar-refractivity contribution >= 4 is 22.6 Å². The number of rotatable bonds is 7. The van der Waals surface area contributed by atoms with Crippen molar-refractivity contribution in [3.8, 4) is 17.4 Å². The number of piperidine rings is 1. The molecular weight excluding hydrogens is 448 g/mol. The molecule has 0 saturated carbocycles. The number of hydrogen-bond acceptors (Lipinski definition) is 8. The highest BCUT2D eigenvalue weighted by Crippen LogP contribution is 2.32. The third-order valence-corrected chi connectivity index (χ3v) is 6.81. The largest absolute Gasteiger partial charge is 0.486 e. The lowest BCUT2D eigenvalue weighted by molar-refractivity contribution is -0.143. The third kappa shape index (κ3) is 4.87. The number of pyridine rings is 2. The Hall–Kier alpha value is -3.43. The van der Waals surface area contributed by atoms with Gasteiger partial charge in [-0.15, -0.1) is 0 Å². The first-order chi connectivity index (χ1) is 17.1. The normalized spacial score (nSPS) is 17.2. The molecule has 5 rings (SSSR count). The van der Waals surface area contributed by atoms with E-state index >= 15 is 0 Å². The van der Waals surface area contributed by atoms with Crippen LogP contribution in [-0.2, 0) is 16.0 Å². The Morgan fingerprint density at radius 3 is 2.66 bits per heavy atom. The number of carbonyl (C=O) groups excluding carboxylic acids is 1. The molecule has 2 aliphatic heterocycles. The maximum Gasteiger partial charge on any atom is 0.256 e. The van der Waals surface area contributed by atoms with Gasteiger partial charge in [0.05, 0.1) is 18.3 Å².